The summed E-state index contributed by atoms with van der Waals surface area (Å²) >= 11 is 6.04. The fourth-order valence-corrected chi connectivity index (χ4v) is 3.51. The molecule has 34 heavy (non-hydrogen) atoms. The number of benzene rings is 3. The SMILES string of the molecule is CCOC(=O)c1ccc(Oc2c(C)oc3cc(OCc4c(F)cccc4Cl)ccc3c2=O)cc1. The van der Waals surface area contributed by atoms with E-state index in [0.717, 1.165) is 0 Å². The van der Waals surface area contributed by atoms with E-state index in [0.29, 0.717) is 28.0 Å². The number of ether oxygens (including phenoxy) is 3. The number of hydrogen-bond acceptors (Lipinski definition) is 6. The van der Waals surface area contributed by atoms with Crippen molar-refractivity contribution in [1.82, 2.24) is 0 Å². The number of carbonyl (C=O) groups is 1. The summed E-state index contributed by atoms with van der Waals surface area (Å²) in [6.45, 7) is 3.53. The number of carbonyl (C=O) groups excluding carboxylic acids is 1. The fourth-order valence-electron chi connectivity index (χ4n) is 3.29. The monoisotopic (exact) mass is 482 g/mol. The minimum Gasteiger partial charge on any atom is -0.489 e. The van der Waals surface area contributed by atoms with Crippen molar-refractivity contribution in [1.29, 1.82) is 0 Å². The van der Waals surface area contributed by atoms with E-state index < -0.39 is 11.8 Å². The maximum Gasteiger partial charge on any atom is 0.338 e. The topological polar surface area (TPSA) is 75.0 Å². The molecule has 8 heteroatoms. The summed E-state index contributed by atoms with van der Waals surface area (Å²) in [5, 5.41) is 0.556. The number of fused-ring (bicyclic) bond motifs is 1. The summed E-state index contributed by atoms with van der Waals surface area (Å²) in [6.07, 6.45) is 0. The first-order chi connectivity index (χ1) is 16.4. The minimum absolute atomic E-state index is 0.0307. The van der Waals surface area contributed by atoms with Gasteiger partial charge >= 0.3 is 5.97 Å². The molecule has 1 aromatic heterocycles. The van der Waals surface area contributed by atoms with Gasteiger partial charge in [-0.3, -0.25) is 4.79 Å². The summed E-state index contributed by atoms with van der Waals surface area (Å²) in [4.78, 5) is 24.8. The number of aryl methyl sites for hydroxylation is 1. The molecule has 3 aromatic carbocycles. The van der Waals surface area contributed by atoms with E-state index in [1.807, 2.05) is 0 Å². The van der Waals surface area contributed by atoms with Crippen LogP contribution in [0.1, 0.15) is 28.6 Å². The average molecular weight is 483 g/mol. The van der Waals surface area contributed by atoms with Gasteiger partial charge in [-0.2, -0.15) is 0 Å². The van der Waals surface area contributed by atoms with Gasteiger partial charge in [0.25, 0.3) is 0 Å². The lowest BCUT2D eigenvalue weighted by Gasteiger charge is -2.11. The zero-order valence-corrected chi connectivity index (χ0v) is 19.1. The molecule has 0 atom stereocenters. The Hall–Kier alpha value is -3.84. The predicted octanol–water partition coefficient (Wildman–Crippen LogP) is 6.44. The Morgan fingerprint density at radius 3 is 2.50 bits per heavy atom. The molecule has 0 saturated heterocycles. The lowest BCUT2D eigenvalue weighted by molar-refractivity contribution is 0.0526. The summed E-state index contributed by atoms with van der Waals surface area (Å²) in [6, 6.07) is 15.3. The van der Waals surface area contributed by atoms with Crippen molar-refractivity contribution in [3.8, 4) is 17.2 Å². The van der Waals surface area contributed by atoms with Gasteiger partial charge in [-0.15, -0.1) is 0 Å². The van der Waals surface area contributed by atoms with Gasteiger partial charge in [0.1, 0.15) is 35.3 Å². The molecular formula is C26H20ClFO6. The Morgan fingerprint density at radius 1 is 1.06 bits per heavy atom. The van der Waals surface area contributed by atoms with Gasteiger partial charge in [0.15, 0.2) is 0 Å². The molecule has 0 fully saturated rings. The van der Waals surface area contributed by atoms with Crippen LogP contribution in [0.15, 0.2) is 69.9 Å². The third-order valence-electron chi connectivity index (χ3n) is 5.02. The number of halogens is 2. The maximum atomic E-state index is 14.0. The molecule has 0 saturated carbocycles. The molecule has 0 spiro atoms. The second kappa shape index (κ2) is 9.97. The van der Waals surface area contributed by atoms with E-state index in [9.17, 15) is 14.0 Å². The van der Waals surface area contributed by atoms with Crippen molar-refractivity contribution in [2.24, 2.45) is 0 Å². The largest absolute Gasteiger partial charge is 0.489 e. The van der Waals surface area contributed by atoms with Crippen LogP contribution >= 0.6 is 11.6 Å². The van der Waals surface area contributed by atoms with E-state index in [2.05, 4.69) is 0 Å². The van der Waals surface area contributed by atoms with E-state index in [1.54, 1.807) is 62.4 Å². The molecule has 6 nitrogen and oxygen atoms in total. The quantitative estimate of drug-likeness (QED) is 0.282. The normalized spacial score (nSPS) is 10.8. The van der Waals surface area contributed by atoms with Gasteiger partial charge in [0.05, 0.1) is 22.6 Å². The average Bonchev–Trinajstić information content (AvgIpc) is 2.82. The van der Waals surface area contributed by atoms with Crippen LogP contribution in [-0.4, -0.2) is 12.6 Å². The second-order valence-corrected chi connectivity index (χ2v) is 7.72. The Balaban J connectivity index is 1.56. The third-order valence-corrected chi connectivity index (χ3v) is 5.37. The van der Waals surface area contributed by atoms with Crippen LogP contribution < -0.4 is 14.9 Å². The van der Waals surface area contributed by atoms with Gasteiger partial charge in [-0.05, 0) is 62.4 Å². The lowest BCUT2D eigenvalue weighted by atomic mass is 10.2. The van der Waals surface area contributed by atoms with Crippen LogP contribution in [0.25, 0.3) is 11.0 Å². The maximum absolute atomic E-state index is 14.0. The molecule has 174 valence electrons. The number of hydrogen-bond donors (Lipinski definition) is 0. The van der Waals surface area contributed by atoms with E-state index >= 15 is 0 Å². The standard InChI is InChI=1S/C26H20ClFO6/c1-3-31-26(30)16-7-9-17(10-8-16)34-25-15(2)33-23-13-18(11-12-19(23)24(25)29)32-14-20-21(27)5-4-6-22(20)28/h4-13H,3,14H2,1-2H3. The Bertz CT molecular complexity index is 1390. The van der Waals surface area contributed by atoms with E-state index in [1.165, 1.54) is 12.1 Å². The molecule has 0 aliphatic heterocycles. The number of rotatable bonds is 7. The van der Waals surface area contributed by atoms with Crippen molar-refractivity contribution in [2.45, 2.75) is 20.5 Å². The molecule has 0 aliphatic rings. The zero-order chi connectivity index (χ0) is 24.2. The van der Waals surface area contributed by atoms with Gasteiger partial charge in [0, 0.05) is 11.6 Å². The van der Waals surface area contributed by atoms with Crippen LogP contribution in [0.3, 0.4) is 0 Å². The highest BCUT2D eigenvalue weighted by molar-refractivity contribution is 6.31. The first-order valence-electron chi connectivity index (χ1n) is 10.5. The minimum atomic E-state index is -0.465. The van der Waals surface area contributed by atoms with Gasteiger partial charge in [-0.25, -0.2) is 9.18 Å². The smallest absolute Gasteiger partial charge is 0.338 e. The lowest BCUT2D eigenvalue weighted by Crippen LogP contribution is -2.08. The van der Waals surface area contributed by atoms with Gasteiger partial charge in [0.2, 0.25) is 11.2 Å². The highest BCUT2D eigenvalue weighted by Gasteiger charge is 2.16. The van der Waals surface area contributed by atoms with Crippen LogP contribution in [-0.2, 0) is 11.3 Å². The molecule has 0 radical (unpaired) electrons. The van der Waals surface area contributed by atoms with E-state index in [-0.39, 0.29) is 40.7 Å². The van der Waals surface area contributed by atoms with E-state index in [4.69, 9.17) is 30.2 Å². The molecule has 0 aliphatic carbocycles. The first-order valence-corrected chi connectivity index (χ1v) is 10.8. The Morgan fingerprint density at radius 2 is 1.79 bits per heavy atom. The summed E-state index contributed by atoms with van der Waals surface area (Å²) < 4.78 is 36.1. The Labute approximate surface area is 199 Å². The van der Waals surface area contributed by atoms with Crippen LogP contribution in [0.2, 0.25) is 5.02 Å². The zero-order valence-electron chi connectivity index (χ0n) is 18.4. The molecule has 1 heterocycles. The van der Waals surface area contributed by atoms with Crippen molar-refractivity contribution >= 4 is 28.5 Å². The van der Waals surface area contributed by atoms with Crippen molar-refractivity contribution in [3.63, 3.8) is 0 Å². The van der Waals surface area contributed by atoms with Crippen molar-refractivity contribution in [2.75, 3.05) is 6.61 Å². The molecular weight excluding hydrogens is 463 g/mol. The van der Waals surface area contributed by atoms with Crippen LogP contribution in [0.5, 0.6) is 17.2 Å². The Kier molecular flexibility index (Phi) is 6.84. The van der Waals surface area contributed by atoms with Crippen LogP contribution in [0.4, 0.5) is 4.39 Å². The first kappa shape index (κ1) is 23.3. The van der Waals surface area contributed by atoms with Crippen molar-refractivity contribution in [3.05, 3.63) is 98.6 Å². The predicted molar refractivity (Wildman–Crippen MR) is 125 cm³/mol. The summed E-state index contributed by atoms with van der Waals surface area (Å²) in [7, 11) is 0. The second-order valence-electron chi connectivity index (χ2n) is 7.31. The molecule has 4 aromatic rings. The summed E-state index contributed by atoms with van der Waals surface area (Å²) in [5.41, 5.74) is 0.543. The fraction of sp³-hybridized carbons (Fsp3) is 0.154. The molecule has 0 N–H and O–H groups in total. The molecule has 0 bridgehead atoms. The molecule has 0 amide bonds. The van der Waals surface area contributed by atoms with Gasteiger partial charge in [-0.1, -0.05) is 17.7 Å². The van der Waals surface area contributed by atoms with Crippen molar-refractivity contribution < 1.29 is 27.8 Å². The molecule has 4 rings (SSSR count). The number of esters is 1. The summed E-state index contributed by atoms with van der Waals surface area (Å²) in [5.74, 6) is 0.144. The highest BCUT2D eigenvalue weighted by atomic mass is 35.5. The highest BCUT2D eigenvalue weighted by Crippen LogP contribution is 2.28. The van der Waals surface area contributed by atoms with Crippen LogP contribution in [0, 0.1) is 12.7 Å². The van der Waals surface area contributed by atoms with Gasteiger partial charge < -0.3 is 18.6 Å². The third kappa shape index (κ3) is 4.89. The molecule has 0 unspecified atom stereocenters.